The molecule has 2 aromatic carbocycles. The van der Waals surface area contributed by atoms with Crippen LogP contribution in [0.25, 0.3) is 20.9 Å². The van der Waals surface area contributed by atoms with Crippen molar-refractivity contribution >= 4 is 35.2 Å². The minimum absolute atomic E-state index is 0.177. The zero-order valence-corrected chi connectivity index (χ0v) is 17.3. The zero-order chi connectivity index (χ0) is 23.9. The summed E-state index contributed by atoms with van der Waals surface area (Å²) >= 11 is 1.04. The Morgan fingerprint density at radius 1 is 0.576 bits per heavy atom. The number of ether oxygens (including phenoxy) is 2. The Kier molecular flexibility index (Phi) is 5.48. The molecule has 33 heavy (non-hydrogen) atoms. The maximum atomic E-state index is 11.5. The van der Waals surface area contributed by atoms with Gasteiger partial charge in [-0.05, 0) is 47.5 Å². The minimum Gasteiger partial charge on any atom is -0.485 e. The van der Waals surface area contributed by atoms with Crippen LogP contribution in [0.2, 0.25) is 0 Å². The van der Waals surface area contributed by atoms with Crippen molar-refractivity contribution < 1.29 is 49.1 Å². The molecule has 168 valence electrons. The molecule has 0 radical (unpaired) electrons. The zero-order valence-electron chi connectivity index (χ0n) is 16.5. The highest BCUT2D eigenvalue weighted by Gasteiger charge is 2.28. The molecule has 4 rings (SSSR count). The van der Waals surface area contributed by atoms with Crippen molar-refractivity contribution in [3.63, 3.8) is 0 Å². The molecule has 0 fully saturated rings. The van der Waals surface area contributed by atoms with Crippen LogP contribution in [0.5, 0.6) is 11.5 Å². The van der Waals surface area contributed by atoms with Crippen LogP contribution in [-0.4, -0.2) is 57.5 Å². The lowest BCUT2D eigenvalue weighted by Crippen LogP contribution is -2.15. The first kappa shape index (κ1) is 21.8. The summed E-state index contributed by atoms with van der Waals surface area (Å²) in [6.07, 6.45) is 0. The lowest BCUT2D eigenvalue weighted by Gasteiger charge is -2.17. The number of thiophene rings is 1. The number of hydrogen-bond donors (Lipinski definition) is 4. The van der Waals surface area contributed by atoms with Gasteiger partial charge in [0.05, 0.1) is 32.0 Å². The fourth-order valence-corrected chi connectivity index (χ4v) is 4.51. The molecule has 4 N–H and O–H groups in total. The number of carbonyl (C=O) groups is 4. The van der Waals surface area contributed by atoms with E-state index in [1.807, 2.05) is 0 Å². The van der Waals surface area contributed by atoms with Crippen molar-refractivity contribution in [2.45, 2.75) is 0 Å². The largest absolute Gasteiger partial charge is 0.485 e. The number of aromatic carboxylic acids is 4. The van der Waals surface area contributed by atoms with Gasteiger partial charge in [0.25, 0.3) is 0 Å². The molecule has 2 heterocycles. The highest BCUT2D eigenvalue weighted by molar-refractivity contribution is 7.19. The fourth-order valence-electron chi connectivity index (χ4n) is 3.34. The van der Waals surface area contributed by atoms with Gasteiger partial charge in [0, 0.05) is 0 Å². The van der Waals surface area contributed by atoms with Gasteiger partial charge in [-0.25, -0.2) is 19.2 Å². The van der Waals surface area contributed by atoms with Crippen LogP contribution in [0.4, 0.5) is 0 Å². The van der Waals surface area contributed by atoms with Crippen molar-refractivity contribution in [1.29, 1.82) is 0 Å². The maximum absolute atomic E-state index is 11.5. The van der Waals surface area contributed by atoms with Crippen molar-refractivity contribution in [1.82, 2.24) is 0 Å². The van der Waals surface area contributed by atoms with Gasteiger partial charge >= 0.3 is 23.9 Å². The van der Waals surface area contributed by atoms with Crippen LogP contribution in [0.1, 0.15) is 41.4 Å². The quantitative estimate of drug-likeness (QED) is 0.417. The molecule has 0 aliphatic carbocycles. The SMILES string of the molecule is O=C(O)c1cc(C(=O)O)cc(-c2sc(-c3cc(C(=O)O)cc(C(=O)O)c3)c3c2OCCO3)c1. The lowest BCUT2D eigenvalue weighted by atomic mass is 10.0. The van der Waals surface area contributed by atoms with E-state index in [2.05, 4.69) is 0 Å². The molecule has 11 heteroatoms. The Labute approximate surface area is 188 Å². The summed E-state index contributed by atoms with van der Waals surface area (Å²) in [7, 11) is 0. The first-order valence-corrected chi connectivity index (χ1v) is 10.1. The van der Waals surface area contributed by atoms with Gasteiger partial charge in [-0.15, -0.1) is 11.3 Å². The molecule has 3 aromatic rings. The Balaban J connectivity index is 1.97. The first-order valence-electron chi connectivity index (χ1n) is 9.32. The highest BCUT2D eigenvalue weighted by Crippen LogP contribution is 2.53. The lowest BCUT2D eigenvalue weighted by molar-refractivity contribution is 0.0676. The van der Waals surface area contributed by atoms with Gasteiger partial charge in [-0.1, -0.05) is 0 Å². The third-order valence-electron chi connectivity index (χ3n) is 4.78. The van der Waals surface area contributed by atoms with Gasteiger partial charge in [0.2, 0.25) is 0 Å². The maximum Gasteiger partial charge on any atom is 0.335 e. The topological polar surface area (TPSA) is 168 Å². The summed E-state index contributed by atoms with van der Waals surface area (Å²) in [4.78, 5) is 46.8. The third kappa shape index (κ3) is 4.08. The number of hydrogen-bond acceptors (Lipinski definition) is 7. The average molecular weight is 470 g/mol. The number of carboxylic acid groups (broad SMARTS) is 4. The molecule has 0 spiro atoms. The summed E-state index contributed by atoms with van der Waals surface area (Å²) < 4.78 is 11.5. The second kappa shape index (κ2) is 8.28. The van der Waals surface area contributed by atoms with E-state index in [4.69, 9.17) is 9.47 Å². The van der Waals surface area contributed by atoms with Gasteiger partial charge in [-0.2, -0.15) is 0 Å². The van der Waals surface area contributed by atoms with E-state index in [-0.39, 0.29) is 58.1 Å². The molecule has 0 amide bonds. The summed E-state index contributed by atoms with van der Waals surface area (Å²) in [6, 6.07) is 7.22. The Bertz CT molecular complexity index is 1170. The van der Waals surface area contributed by atoms with Crippen LogP contribution >= 0.6 is 11.3 Å². The van der Waals surface area contributed by atoms with Gasteiger partial charge in [0.15, 0.2) is 11.5 Å². The molecule has 0 atom stereocenters. The number of rotatable bonds is 6. The molecule has 0 saturated heterocycles. The van der Waals surface area contributed by atoms with Crippen LogP contribution in [-0.2, 0) is 0 Å². The summed E-state index contributed by atoms with van der Waals surface area (Å²) in [5.41, 5.74) is -0.480. The first-order chi connectivity index (χ1) is 15.7. The third-order valence-corrected chi connectivity index (χ3v) is 6.03. The molecule has 1 aliphatic rings. The molecule has 1 aliphatic heterocycles. The minimum atomic E-state index is -1.32. The van der Waals surface area contributed by atoms with Crippen molar-refractivity contribution in [3.05, 3.63) is 58.7 Å². The molecular formula is C22H14O10S. The van der Waals surface area contributed by atoms with Crippen molar-refractivity contribution in [2.75, 3.05) is 13.2 Å². The van der Waals surface area contributed by atoms with E-state index in [0.717, 1.165) is 23.5 Å². The Morgan fingerprint density at radius 3 is 1.15 bits per heavy atom. The van der Waals surface area contributed by atoms with E-state index in [1.165, 1.54) is 24.3 Å². The monoisotopic (exact) mass is 470 g/mol. The van der Waals surface area contributed by atoms with Crippen molar-refractivity contribution in [2.24, 2.45) is 0 Å². The van der Waals surface area contributed by atoms with Crippen molar-refractivity contribution in [3.8, 4) is 32.4 Å². The summed E-state index contributed by atoms with van der Waals surface area (Å²) in [5, 5.41) is 37.6. The predicted octanol–water partition coefficient (Wildman–Crippen LogP) is 3.65. The standard InChI is InChI=1S/C22H14O10S/c23-19(24)11-3-9(4-12(7-11)20(25)26)17-15-16(32-2-1-31-15)18(33-17)10-5-13(21(27)28)8-14(6-10)22(29)30/h3-8H,1-2H2,(H,23,24)(H,25,26)(H,27,28)(H,29,30). The van der Waals surface area contributed by atoms with E-state index in [0.29, 0.717) is 9.75 Å². The van der Waals surface area contributed by atoms with Crippen LogP contribution in [0, 0.1) is 0 Å². The number of benzene rings is 2. The fraction of sp³-hybridized carbons (Fsp3) is 0.0909. The normalized spacial score (nSPS) is 12.2. The van der Waals surface area contributed by atoms with Crippen LogP contribution in [0.15, 0.2) is 36.4 Å². The van der Waals surface area contributed by atoms with E-state index >= 15 is 0 Å². The number of fused-ring (bicyclic) bond motifs is 1. The van der Waals surface area contributed by atoms with Gasteiger partial charge < -0.3 is 29.9 Å². The molecule has 10 nitrogen and oxygen atoms in total. The average Bonchev–Trinajstić information content (AvgIpc) is 3.18. The molecule has 1 aromatic heterocycles. The van der Waals surface area contributed by atoms with Gasteiger partial charge in [0.1, 0.15) is 13.2 Å². The molecule has 0 bridgehead atoms. The predicted molar refractivity (Wildman–Crippen MR) is 114 cm³/mol. The van der Waals surface area contributed by atoms with Gasteiger partial charge in [-0.3, -0.25) is 0 Å². The van der Waals surface area contributed by atoms with E-state index < -0.39 is 23.9 Å². The molecule has 0 saturated carbocycles. The summed E-state index contributed by atoms with van der Waals surface area (Å²) in [5.74, 6) is -4.80. The molecular weight excluding hydrogens is 456 g/mol. The van der Waals surface area contributed by atoms with Crippen LogP contribution < -0.4 is 9.47 Å². The van der Waals surface area contributed by atoms with E-state index in [1.54, 1.807) is 0 Å². The smallest absolute Gasteiger partial charge is 0.335 e. The second-order valence-corrected chi connectivity index (χ2v) is 7.95. The summed E-state index contributed by atoms with van der Waals surface area (Å²) in [6.45, 7) is 0.353. The second-order valence-electron chi connectivity index (χ2n) is 6.93. The highest BCUT2D eigenvalue weighted by atomic mass is 32.1. The van der Waals surface area contributed by atoms with E-state index in [9.17, 15) is 39.6 Å². The van der Waals surface area contributed by atoms with Crippen LogP contribution in [0.3, 0.4) is 0 Å². The Morgan fingerprint density at radius 2 is 0.879 bits per heavy atom. The number of carboxylic acids is 4. The Hall–Kier alpha value is -4.38. The molecule has 0 unspecified atom stereocenters.